The zero-order chi connectivity index (χ0) is 56.5. The highest BCUT2D eigenvalue weighted by atomic mass is 35.5. The molecule has 6 atom stereocenters. The first-order chi connectivity index (χ1) is 39.3. The van der Waals surface area contributed by atoms with E-state index in [1.807, 2.05) is 12.1 Å². The summed E-state index contributed by atoms with van der Waals surface area (Å²) in [5.41, 5.74) is 2.62. The van der Waals surface area contributed by atoms with Crippen molar-refractivity contribution in [2.24, 2.45) is 5.41 Å². The van der Waals surface area contributed by atoms with E-state index in [0.29, 0.717) is 170 Å². The van der Waals surface area contributed by atoms with E-state index in [-0.39, 0.29) is 74.2 Å². The van der Waals surface area contributed by atoms with Crippen LogP contribution in [0, 0.1) is 5.41 Å². The quantitative estimate of drug-likeness (QED) is 0.0622. The Bertz CT molecular complexity index is 3410. The van der Waals surface area contributed by atoms with Gasteiger partial charge in [0.15, 0.2) is 11.6 Å². The highest BCUT2D eigenvalue weighted by Crippen LogP contribution is 2.50. The molecule has 5 fully saturated rings. The smallest absolute Gasteiger partial charge is 0.243 e. The van der Waals surface area contributed by atoms with Crippen molar-refractivity contribution < 1.29 is 47.5 Å². The summed E-state index contributed by atoms with van der Waals surface area (Å²) in [6, 6.07) is 5.72. The van der Waals surface area contributed by atoms with Crippen molar-refractivity contribution in [3.8, 4) is 45.5 Å². The van der Waals surface area contributed by atoms with Gasteiger partial charge in [0.05, 0.1) is 129 Å². The highest BCUT2D eigenvalue weighted by Gasteiger charge is 2.46. The molecule has 1 spiro atoms. The number of pyridine rings is 2. The molecule has 0 radical (unpaired) electrons. The molecule has 26 heteroatoms. The molecule has 4 N–H and O–H groups in total. The number of carbonyl (C=O) groups excluding carboxylic acids is 2. The van der Waals surface area contributed by atoms with Crippen LogP contribution in [0.25, 0.3) is 44.3 Å². The summed E-state index contributed by atoms with van der Waals surface area (Å²) in [5.74, 6) is 2.61. The Morgan fingerprint density at radius 1 is 0.654 bits per heavy atom. The van der Waals surface area contributed by atoms with E-state index in [4.69, 9.17) is 109 Å². The van der Waals surface area contributed by atoms with Crippen molar-refractivity contribution in [2.45, 2.75) is 43.1 Å². The van der Waals surface area contributed by atoms with Crippen molar-refractivity contribution in [2.75, 3.05) is 121 Å². The normalized spacial score (nSPS) is 22.5. The summed E-state index contributed by atoms with van der Waals surface area (Å²) in [6.45, 7) is 12.4. The van der Waals surface area contributed by atoms with Crippen LogP contribution >= 0.6 is 46.4 Å². The molecule has 81 heavy (non-hydrogen) atoms. The lowest BCUT2D eigenvalue weighted by atomic mass is 9.85. The zero-order valence-corrected chi connectivity index (χ0v) is 47.5. The monoisotopic (exact) mass is 1190 g/mol. The third-order valence-corrected chi connectivity index (χ3v) is 16.6. The summed E-state index contributed by atoms with van der Waals surface area (Å²) in [6.07, 6.45) is 6.99. The van der Waals surface area contributed by atoms with Crippen LogP contribution in [0.1, 0.15) is 12.8 Å². The third-order valence-electron chi connectivity index (χ3n) is 15.1. The van der Waals surface area contributed by atoms with Crippen molar-refractivity contribution in [3.05, 3.63) is 82.1 Å². The molecule has 5 saturated heterocycles. The Kier molecular flexibility index (Phi) is 16.6. The number of morpholine rings is 1. The fourth-order valence-corrected chi connectivity index (χ4v) is 12.3. The fraction of sp³-hybridized carbons (Fsp3) is 0.418. The average Bonchev–Trinajstić information content (AvgIpc) is 4.44. The molecule has 6 aromatic rings. The van der Waals surface area contributed by atoms with E-state index < -0.39 is 0 Å². The van der Waals surface area contributed by atoms with E-state index in [1.54, 1.807) is 24.5 Å². The molecule has 0 saturated carbocycles. The van der Waals surface area contributed by atoms with E-state index >= 15 is 0 Å². The third kappa shape index (κ3) is 11.4. The molecule has 0 bridgehead atoms. The van der Waals surface area contributed by atoms with Gasteiger partial charge in [0.25, 0.3) is 0 Å². The van der Waals surface area contributed by atoms with Crippen LogP contribution in [0.15, 0.2) is 62.0 Å². The van der Waals surface area contributed by atoms with Crippen molar-refractivity contribution >= 4 is 104 Å². The summed E-state index contributed by atoms with van der Waals surface area (Å²) < 4.78 is 47.3. The van der Waals surface area contributed by atoms with Gasteiger partial charge in [-0.05, 0) is 37.1 Å². The van der Waals surface area contributed by atoms with Crippen LogP contribution in [0.4, 0.5) is 23.5 Å². The van der Waals surface area contributed by atoms with Gasteiger partial charge in [-0.15, -0.1) is 0 Å². The number of halogens is 4. The largest absolute Gasteiger partial charge is 0.495 e. The number of methoxy groups -OCH3 is 3. The van der Waals surface area contributed by atoms with Gasteiger partial charge in [-0.3, -0.25) is 9.59 Å². The van der Waals surface area contributed by atoms with E-state index in [0.717, 1.165) is 6.42 Å². The maximum Gasteiger partial charge on any atom is 0.243 e. The van der Waals surface area contributed by atoms with E-state index in [1.165, 1.54) is 33.5 Å². The summed E-state index contributed by atoms with van der Waals surface area (Å²) in [5, 5.41) is 14.9. The summed E-state index contributed by atoms with van der Waals surface area (Å²) in [7, 11) is 4.56. The van der Waals surface area contributed by atoms with Crippen LogP contribution in [-0.4, -0.2) is 172 Å². The maximum atomic E-state index is 12.3. The number of rotatable bonds is 18. The number of ether oxygens (including phenoxy) is 8. The molecule has 2 aromatic carbocycles. The first kappa shape index (κ1) is 56.1. The van der Waals surface area contributed by atoms with Crippen LogP contribution in [0.3, 0.4) is 0 Å². The number of anilines is 4. The maximum absolute atomic E-state index is 12.3. The number of aromatic nitrogens is 6. The van der Waals surface area contributed by atoms with Crippen LogP contribution < -0.4 is 50.0 Å². The molecular formula is C55H58Cl4N12O10. The molecule has 5 aliphatic heterocycles. The first-order valence-corrected chi connectivity index (χ1v) is 27.7. The summed E-state index contributed by atoms with van der Waals surface area (Å²) in [4.78, 5) is 58.5. The number of hydrogen-bond donors (Lipinski definition) is 4. The fourth-order valence-electron chi connectivity index (χ4n) is 10.9. The molecule has 5 aliphatic rings. The zero-order valence-electron chi connectivity index (χ0n) is 44.5. The average molecular weight is 1190 g/mol. The Morgan fingerprint density at radius 2 is 1.14 bits per heavy atom. The Labute approximate surface area is 486 Å². The minimum atomic E-state index is -0.335. The predicted molar refractivity (Wildman–Crippen MR) is 308 cm³/mol. The van der Waals surface area contributed by atoms with Gasteiger partial charge >= 0.3 is 0 Å². The van der Waals surface area contributed by atoms with E-state index in [2.05, 4.69) is 49.2 Å². The van der Waals surface area contributed by atoms with Gasteiger partial charge in [0.2, 0.25) is 23.7 Å². The molecule has 4 aromatic heterocycles. The highest BCUT2D eigenvalue weighted by molar-refractivity contribution is 6.42. The van der Waals surface area contributed by atoms with E-state index in [9.17, 15) is 9.59 Å². The molecule has 0 aliphatic carbocycles. The van der Waals surface area contributed by atoms with Gasteiger partial charge in [-0.2, -0.15) is 0 Å². The number of nitrogens with one attached hydrogen (secondary N) is 4. The van der Waals surface area contributed by atoms with Gasteiger partial charge in [-0.25, -0.2) is 29.9 Å². The Morgan fingerprint density at radius 3 is 1.64 bits per heavy atom. The standard InChI is InChI=1S/C55H58Cl4N12O10/c1-6-41(72)62-33-22-78-24-35(33)66-53-60-19-28-14-32(64-51(49(28)68-53)70-10-12-77-13-11-70)44-47(58)39(76-5)17-40(48(44)59)80-21-30-18-55(27-81-30)8-9-71(26-55)52-50-29(15-31(65-52)43-45(56)37(74-3)16-38(75-4)46(43)57)20-61-54(69-50)67-36-25-79-23-34(36)63-42(73)7-2/h6-7,14-17,19-20,30,33-36H,1-2,8-13,18,21-27H2,3-5H3,(H,62,72)(H,63,73)(H,60,66,68)(H,61,67,69)/t30?,33-,34-,35+,36+,55?/m0/s1. The molecule has 426 valence electrons. The topological polar surface area (TPSA) is 240 Å². The SMILES string of the molecule is C=CC(=O)N[C@H]1COC[C@H]1Nc1ncc2cc(-c3c(Cl)c(OC)cc(OC)c3Cl)nc(N3CCC4(COC(COc5cc(OC)c(Cl)c(-c6cc7cnc(N[C@@H]8COC[C@@H]8NC(=O)C=C)nc7c(N7CCOCC7)n6)c5Cl)C4)C3)c2n1. The molecular weight excluding hydrogens is 1130 g/mol. The lowest BCUT2D eigenvalue weighted by molar-refractivity contribution is -0.118. The molecule has 9 heterocycles. The number of carbonyl (C=O) groups is 2. The van der Waals surface area contributed by atoms with Crippen LogP contribution in [0.2, 0.25) is 20.1 Å². The Balaban J connectivity index is 0.858. The van der Waals surface area contributed by atoms with Gasteiger partial charge < -0.3 is 69.0 Å². The first-order valence-electron chi connectivity index (χ1n) is 26.2. The van der Waals surface area contributed by atoms with Crippen molar-refractivity contribution in [3.63, 3.8) is 0 Å². The number of fused-ring (bicyclic) bond motifs is 2. The lowest BCUT2D eigenvalue weighted by Gasteiger charge is -2.29. The van der Waals surface area contributed by atoms with Crippen molar-refractivity contribution in [1.29, 1.82) is 0 Å². The lowest BCUT2D eigenvalue weighted by Crippen LogP contribution is -2.45. The minimum absolute atomic E-state index is 0.163. The number of hydrogen-bond acceptors (Lipinski definition) is 20. The number of benzene rings is 2. The number of nitrogens with zero attached hydrogens (tertiary/aromatic N) is 8. The Hall–Kier alpha value is -6.76. The molecule has 2 unspecified atom stereocenters. The molecule has 2 amide bonds. The van der Waals surface area contributed by atoms with Crippen LogP contribution in [-0.2, 0) is 28.5 Å². The minimum Gasteiger partial charge on any atom is -0.495 e. The van der Waals surface area contributed by atoms with Gasteiger partial charge in [0.1, 0.15) is 40.6 Å². The van der Waals surface area contributed by atoms with Gasteiger partial charge in [-0.1, -0.05) is 59.6 Å². The number of amides is 2. The second-order valence-corrected chi connectivity index (χ2v) is 21.7. The second-order valence-electron chi connectivity index (χ2n) is 20.2. The van der Waals surface area contributed by atoms with Crippen molar-refractivity contribution in [1.82, 2.24) is 40.5 Å². The summed E-state index contributed by atoms with van der Waals surface area (Å²) >= 11 is 28.5. The van der Waals surface area contributed by atoms with Gasteiger partial charge in [0, 0.05) is 78.0 Å². The van der Waals surface area contributed by atoms with Crippen LogP contribution in [0.5, 0.6) is 23.0 Å². The molecule has 22 nitrogen and oxygen atoms in total. The molecule has 11 rings (SSSR count). The predicted octanol–water partition coefficient (Wildman–Crippen LogP) is 7.20. The second kappa shape index (κ2) is 24.0.